The molecule has 0 aliphatic heterocycles. The summed E-state index contributed by atoms with van der Waals surface area (Å²) >= 11 is 6.61. The van der Waals surface area contributed by atoms with Crippen LogP contribution in [0.25, 0.3) is 0 Å². The average Bonchev–Trinajstić information content (AvgIpc) is 2.62. The number of rotatable bonds is 5. The number of hydrogen-bond acceptors (Lipinski definition) is 5. The van der Waals surface area contributed by atoms with Crippen molar-refractivity contribution in [3.05, 3.63) is 9.47 Å². The number of aromatic nitrogens is 2. The minimum Gasteiger partial charge on any atom is -0.377 e. The van der Waals surface area contributed by atoms with Crippen LogP contribution in [0.1, 0.15) is 23.6 Å². The highest BCUT2D eigenvalue weighted by Crippen LogP contribution is 2.14. The van der Waals surface area contributed by atoms with Crippen molar-refractivity contribution >= 4 is 28.8 Å². The van der Waals surface area contributed by atoms with E-state index < -0.39 is 0 Å². The van der Waals surface area contributed by atoms with E-state index >= 15 is 0 Å². The average molecular weight is 250 g/mol. The second kappa shape index (κ2) is 5.99. The first kappa shape index (κ1) is 12.4. The first-order valence-electron chi connectivity index (χ1n) is 4.52. The number of nitrogens with zero attached hydrogens (tertiary/aromatic N) is 2. The molecule has 84 valence electrons. The Morgan fingerprint density at radius 3 is 2.93 bits per heavy atom. The topological polar surface area (TPSA) is 64.1 Å². The molecule has 7 heteroatoms. The Hall–Kier alpha value is -0.720. The lowest BCUT2D eigenvalue weighted by Crippen LogP contribution is -2.32. The molecule has 0 fully saturated rings. The van der Waals surface area contributed by atoms with Crippen LogP contribution in [0.4, 0.5) is 0 Å². The number of halogens is 1. The quantitative estimate of drug-likeness (QED) is 0.856. The van der Waals surface area contributed by atoms with E-state index in [1.54, 1.807) is 0 Å². The maximum atomic E-state index is 11.4. The van der Waals surface area contributed by atoms with E-state index in [1.165, 1.54) is 0 Å². The SMILES string of the molecule is CCOC(C)CNC(=O)c1nnc(Cl)s1. The van der Waals surface area contributed by atoms with E-state index in [0.29, 0.717) is 13.2 Å². The van der Waals surface area contributed by atoms with Crippen LogP contribution in [0.2, 0.25) is 4.47 Å². The van der Waals surface area contributed by atoms with Gasteiger partial charge in [-0.1, -0.05) is 11.3 Å². The minimum atomic E-state index is -0.272. The molecular weight excluding hydrogens is 238 g/mol. The van der Waals surface area contributed by atoms with Gasteiger partial charge in [-0.2, -0.15) is 0 Å². The monoisotopic (exact) mass is 249 g/mol. The van der Waals surface area contributed by atoms with Crippen molar-refractivity contribution in [3.63, 3.8) is 0 Å². The van der Waals surface area contributed by atoms with E-state index in [0.717, 1.165) is 11.3 Å². The summed E-state index contributed by atoms with van der Waals surface area (Å²) in [6.07, 6.45) is -0.0117. The van der Waals surface area contributed by atoms with Gasteiger partial charge in [0.1, 0.15) is 0 Å². The Kier molecular flexibility index (Phi) is 4.93. The number of ether oxygens (including phenoxy) is 1. The molecule has 0 radical (unpaired) electrons. The molecule has 1 N–H and O–H groups in total. The summed E-state index contributed by atoms with van der Waals surface area (Å²) in [5.41, 5.74) is 0. The zero-order chi connectivity index (χ0) is 11.3. The van der Waals surface area contributed by atoms with Gasteiger partial charge in [0, 0.05) is 13.2 Å². The van der Waals surface area contributed by atoms with E-state index in [4.69, 9.17) is 16.3 Å². The fraction of sp³-hybridized carbons (Fsp3) is 0.625. The van der Waals surface area contributed by atoms with Crippen molar-refractivity contribution in [1.29, 1.82) is 0 Å². The molecule has 1 amide bonds. The van der Waals surface area contributed by atoms with Gasteiger partial charge in [-0.15, -0.1) is 10.2 Å². The van der Waals surface area contributed by atoms with Gasteiger partial charge in [0.25, 0.3) is 5.91 Å². The summed E-state index contributed by atoms with van der Waals surface area (Å²) in [5.74, 6) is -0.272. The highest BCUT2D eigenvalue weighted by Gasteiger charge is 2.12. The first-order chi connectivity index (χ1) is 7.13. The fourth-order valence-corrected chi connectivity index (χ4v) is 1.70. The van der Waals surface area contributed by atoms with Gasteiger partial charge in [0.15, 0.2) is 0 Å². The van der Waals surface area contributed by atoms with Crippen LogP contribution in [0.5, 0.6) is 0 Å². The van der Waals surface area contributed by atoms with Crippen molar-refractivity contribution in [3.8, 4) is 0 Å². The van der Waals surface area contributed by atoms with Crippen molar-refractivity contribution in [2.45, 2.75) is 20.0 Å². The standard InChI is InChI=1S/C8H12ClN3O2S/c1-3-14-5(2)4-10-6(13)7-11-12-8(9)15-7/h5H,3-4H2,1-2H3,(H,10,13). The second-order valence-electron chi connectivity index (χ2n) is 2.84. The Balaban J connectivity index is 2.36. The maximum absolute atomic E-state index is 11.4. The third-order valence-corrected chi connectivity index (χ3v) is 2.61. The van der Waals surface area contributed by atoms with Gasteiger partial charge < -0.3 is 10.1 Å². The molecule has 0 aromatic carbocycles. The van der Waals surface area contributed by atoms with E-state index in [9.17, 15) is 4.79 Å². The molecule has 15 heavy (non-hydrogen) atoms. The molecule has 0 saturated carbocycles. The minimum absolute atomic E-state index is 0.0117. The molecule has 0 aliphatic rings. The van der Waals surface area contributed by atoms with Gasteiger partial charge in [0.2, 0.25) is 9.47 Å². The van der Waals surface area contributed by atoms with Crippen LogP contribution in [-0.4, -0.2) is 35.4 Å². The lowest BCUT2D eigenvalue weighted by molar-refractivity contribution is 0.0694. The predicted molar refractivity (Wildman–Crippen MR) is 58.3 cm³/mol. The number of amides is 1. The van der Waals surface area contributed by atoms with Crippen molar-refractivity contribution in [2.24, 2.45) is 0 Å². The number of hydrogen-bond donors (Lipinski definition) is 1. The van der Waals surface area contributed by atoms with Crippen molar-refractivity contribution in [1.82, 2.24) is 15.5 Å². The van der Waals surface area contributed by atoms with Crippen LogP contribution >= 0.6 is 22.9 Å². The van der Waals surface area contributed by atoms with Gasteiger partial charge in [-0.25, -0.2) is 0 Å². The lowest BCUT2D eigenvalue weighted by Gasteiger charge is -2.11. The lowest BCUT2D eigenvalue weighted by atomic mass is 10.4. The van der Waals surface area contributed by atoms with Crippen LogP contribution < -0.4 is 5.32 Å². The smallest absolute Gasteiger partial charge is 0.282 e. The molecule has 1 rings (SSSR count). The fourth-order valence-electron chi connectivity index (χ4n) is 0.953. The highest BCUT2D eigenvalue weighted by atomic mass is 35.5. The molecule has 5 nitrogen and oxygen atoms in total. The van der Waals surface area contributed by atoms with Crippen LogP contribution in [0.15, 0.2) is 0 Å². The zero-order valence-electron chi connectivity index (χ0n) is 8.49. The summed E-state index contributed by atoms with van der Waals surface area (Å²) in [6, 6.07) is 0. The molecular formula is C8H12ClN3O2S. The van der Waals surface area contributed by atoms with Crippen LogP contribution in [0, 0.1) is 0 Å². The molecule has 1 unspecified atom stereocenters. The molecule has 0 spiro atoms. The number of nitrogens with one attached hydrogen (secondary N) is 1. The number of carbonyl (C=O) groups is 1. The van der Waals surface area contributed by atoms with Crippen LogP contribution in [-0.2, 0) is 4.74 Å². The Morgan fingerprint density at radius 1 is 1.67 bits per heavy atom. The van der Waals surface area contributed by atoms with E-state index in [1.807, 2.05) is 13.8 Å². The Labute approximate surface area is 96.8 Å². The molecule has 1 aromatic rings. The molecule has 0 saturated heterocycles. The molecule has 1 aromatic heterocycles. The van der Waals surface area contributed by atoms with Crippen molar-refractivity contribution in [2.75, 3.05) is 13.2 Å². The molecule has 0 aliphatic carbocycles. The largest absolute Gasteiger partial charge is 0.377 e. The zero-order valence-corrected chi connectivity index (χ0v) is 10.1. The van der Waals surface area contributed by atoms with Gasteiger partial charge in [0.05, 0.1) is 6.10 Å². The summed E-state index contributed by atoms with van der Waals surface area (Å²) < 4.78 is 5.52. The van der Waals surface area contributed by atoms with Gasteiger partial charge in [-0.3, -0.25) is 4.79 Å². The van der Waals surface area contributed by atoms with E-state index in [2.05, 4.69) is 15.5 Å². The first-order valence-corrected chi connectivity index (χ1v) is 5.71. The van der Waals surface area contributed by atoms with Gasteiger partial charge >= 0.3 is 0 Å². The predicted octanol–water partition coefficient (Wildman–Crippen LogP) is 1.35. The Bertz CT molecular complexity index is 331. The summed E-state index contributed by atoms with van der Waals surface area (Å²) in [7, 11) is 0. The van der Waals surface area contributed by atoms with Crippen LogP contribution in [0.3, 0.4) is 0 Å². The summed E-state index contributed by atoms with van der Waals surface area (Å²) in [6.45, 7) is 4.87. The highest BCUT2D eigenvalue weighted by molar-refractivity contribution is 7.17. The van der Waals surface area contributed by atoms with E-state index in [-0.39, 0.29) is 21.5 Å². The third kappa shape index (κ3) is 4.11. The maximum Gasteiger partial charge on any atom is 0.282 e. The third-order valence-electron chi connectivity index (χ3n) is 1.60. The Morgan fingerprint density at radius 2 is 2.40 bits per heavy atom. The molecule has 1 atom stereocenters. The van der Waals surface area contributed by atoms with Gasteiger partial charge in [-0.05, 0) is 25.4 Å². The summed E-state index contributed by atoms with van der Waals surface area (Å²) in [4.78, 5) is 11.4. The molecule has 0 bridgehead atoms. The number of carbonyl (C=O) groups excluding carboxylic acids is 1. The summed E-state index contributed by atoms with van der Waals surface area (Å²) in [5, 5.41) is 10.1. The van der Waals surface area contributed by atoms with Crippen molar-refractivity contribution < 1.29 is 9.53 Å². The normalized spacial score (nSPS) is 12.5. The molecule has 1 heterocycles. The second-order valence-corrected chi connectivity index (χ2v) is 4.40.